The summed E-state index contributed by atoms with van der Waals surface area (Å²) in [6.45, 7) is 2.05. The number of fused-ring (bicyclic) bond motifs is 1. The van der Waals surface area contributed by atoms with Crippen LogP contribution in [0.4, 0.5) is 4.39 Å². The summed E-state index contributed by atoms with van der Waals surface area (Å²) in [4.78, 5) is 2.39. The lowest BCUT2D eigenvalue weighted by Gasteiger charge is -2.37. The Kier molecular flexibility index (Phi) is 3.69. The number of rotatable bonds is 3. The van der Waals surface area contributed by atoms with Gasteiger partial charge >= 0.3 is 0 Å². The first-order valence-electron chi connectivity index (χ1n) is 7.41. The molecular formula is C16H22FNO2. The third-order valence-corrected chi connectivity index (χ3v) is 4.79. The third kappa shape index (κ3) is 2.42. The number of hydrogen-bond donors (Lipinski definition) is 1. The van der Waals surface area contributed by atoms with E-state index in [0.29, 0.717) is 6.42 Å². The van der Waals surface area contributed by atoms with Crippen LogP contribution in [0.15, 0.2) is 18.2 Å². The summed E-state index contributed by atoms with van der Waals surface area (Å²) in [5.41, 5.74) is 0.139. The van der Waals surface area contributed by atoms with Crippen molar-refractivity contribution in [3.05, 3.63) is 29.6 Å². The fourth-order valence-electron chi connectivity index (χ4n) is 3.75. The Hall–Kier alpha value is -1.13. The smallest absolute Gasteiger partial charge is 0.165 e. The number of nitrogens with zero attached hydrogens (tertiary/aromatic N) is 1. The zero-order chi connectivity index (χ0) is 14.2. The van der Waals surface area contributed by atoms with E-state index in [1.165, 1.54) is 26.0 Å². The molecule has 4 heteroatoms. The maximum absolute atomic E-state index is 13.8. The maximum atomic E-state index is 13.8. The van der Waals surface area contributed by atoms with Crippen LogP contribution in [0, 0.1) is 5.82 Å². The number of piperidine rings is 1. The molecule has 0 radical (unpaired) electrons. The Morgan fingerprint density at radius 2 is 2.25 bits per heavy atom. The summed E-state index contributed by atoms with van der Waals surface area (Å²) in [5, 5.41) is 11.0. The molecule has 2 atom stereocenters. The van der Waals surface area contributed by atoms with Crippen LogP contribution < -0.4 is 4.74 Å². The van der Waals surface area contributed by atoms with Gasteiger partial charge in [0.1, 0.15) is 0 Å². The summed E-state index contributed by atoms with van der Waals surface area (Å²) in [5.74, 6) is -0.0986. The maximum Gasteiger partial charge on any atom is 0.165 e. The van der Waals surface area contributed by atoms with Crippen molar-refractivity contribution in [2.24, 2.45) is 0 Å². The second-order valence-corrected chi connectivity index (χ2v) is 6.05. The molecule has 0 amide bonds. The van der Waals surface area contributed by atoms with Crippen molar-refractivity contribution in [2.75, 3.05) is 20.2 Å². The van der Waals surface area contributed by atoms with E-state index < -0.39 is 5.60 Å². The van der Waals surface area contributed by atoms with E-state index in [1.54, 1.807) is 6.07 Å². The molecule has 2 aliphatic rings. The van der Waals surface area contributed by atoms with Crippen molar-refractivity contribution in [2.45, 2.75) is 43.7 Å². The molecule has 0 saturated carbocycles. The van der Waals surface area contributed by atoms with Crippen molar-refractivity contribution in [1.82, 2.24) is 4.90 Å². The van der Waals surface area contributed by atoms with Crippen LogP contribution in [0.25, 0.3) is 0 Å². The van der Waals surface area contributed by atoms with E-state index in [9.17, 15) is 9.50 Å². The molecule has 3 nitrogen and oxygen atoms in total. The van der Waals surface area contributed by atoms with Crippen molar-refractivity contribution < 1.29 is 14.2 Å². The lowest BCUT2D eigenvalue weighted by molar-refractivity contribution is -0.00890. The Balaban J connectivity index is 1.78. The van der Waals surface area contributed by atoms with E-state index >= 15 is 0 Å². The van der Waals surface area contributed by atoms with Gasteiger partial charge in [-0.2, -0.15) is 0 Å². The van der Waals surface area contributed by atoms with Crippen LogP contribution >= 0.6 is 0 Å². The average molecular weight is 279 g/mol. The zero-order valence-corrected chi connectivity index (χ0v) is 11.9. The molecule has 1 aromatic carbocycles. The zero-order valence-electron chi connectivity index (χ0n) is 11.9. The quantitative estimate of drug-likeness (QED) is 0.922. The van der Waals surface area contributed by atoms with Gasteiger partial charge in [0.25, 0.3) is 0 Å². The number of benzene rings is 1. The lowest BCUT2D eigenvalue weighted by Crippen LogP contribution is -2.48. The second kappa shape index (κ2) is 5.34. The second-order valence-electron chi connectivity index (χ2n) is 6.05. The summed E-state index contributed by atoms with van der Waals surface area (Å²) in [6.07, 6.45) is 4.76. The summed E-state index contributed by atoms with van der Waals surface area (Å²) in [6, 6.07) is 5.22. The highest BCUT2D eigenvalue weighted by molar-refractivity contribution is 5.30. The molecule has 20 heavy (non-hydrogen) atoms. The molecule has 2 heterocycles. The minimum atomic E-state index is -0.707. The van der Waals surface area contributed by atoms with E-state index in [1.807, 2.05) is 6.07 Å². The molecule has 2 fully saturated rings. The van der Waals surface area contributed by atoms with Gasteiger partial charge in [0.2, 0.25) is 0 Å². The van der Waals surface area contributed by atoms with Gasteiger partial charge in [0.15, 0.2) is 11.6 Å². The number of hydrogen-bond acceptors (Lipinski definition) is 3. The van der Waals surface area contributed by atoms with E-state index in [4.69, 9.17) is 4.74 Å². The molecule has 1 N–H and O–H groups in total. The van der Waals surface area contributed by atoms with Crippen LogP contribution in [-0.4, -0.2) is 41.8 Å². The highest BCUT2D eigenvalue weighted by atomic mass is 19.1. The Labute approximate surface area is 119 Å². The Bertz CT molecular complexity index is 493. The topological polar surface area (TPSA) is 32.7 Å². The van der Waals surface area contributed by atoms with Gasteiger partial charge in [-0.3, -0.25) is 4.90 Å². The summed E-state index contributed by atoms with van der Waals surface area (Å²) >= 11 is 0. The monoisotopic (exact) mass is 279 g/mol. The first-order chi connectivity index (χ1) is 9.62. The van der Waals surface area contributed by atoms with Gasteiger partial charge in [-0.15, -0.1) is 0 Å². The standard InChI is InChI=1S/C16H22FNO2/c1-20-14-6-5-12(10-13(14)17)11-16(19)7-9-18-8-3-2-4-15(16)18/h5-6,10,15,19H,2-4,7-9,11H2,1H3. The molecule has 0 spiro atoms. The number of halogens is 1. The predicted molar refractivity (Wildman–Crippen MR) is 75.4 cm³/mol. The molecule has 3 rings (SSSR count). The lowest BCUT2D eigenvalue weighted by atomic mass is 9.84. The van der Waals surface area contributed by atoms with Crippen LogP contribution in [0.1, 0.15) is 31.2 Å². The van der Waals surface area contributed by atoms with Gasteiger partial charge in [0, 0.05) is 19.0 Å². The van der Waals surface area contributed by atoms with Gasteiger partial charge in [-0.05, 0) is 43.5 Å². The van der Waals surface area contributed by atoms with Crippen molar-refractivity contribution in [3.8, 4) is 5.75 Å². The third-order valence-electron chi connectivity index (χ3n) is 4.79. The predicted octanol–water partition coefficient (Wildman–Crippen LogP) is 2.37. The summed E-state index contributed by atoms with van der Waals surface area (Å²) < 4.78 is 18.7. The summed E-state index contributed by atoms with van der Waals surface area (Å²) in [7, 11) is 1.46. The fraction of sp³-hybridized carbons (Fsp3) is 0.625. The average Bonchev–Trinajstić information content (AvgIpc) is 2.77. The Morgan fingerprint density at radius 1 is 1.40 bits per heavy atom. The molecular weight excluding hydrogens is 257 g/mol. The van der Waals surface area contributed by atoms with Crippen molar-refractivity contribution >= 4 is 0 Å². The minimum absolute atomic E-state index is 0.237. The fourth-order valence-corrected chi connectivity index (χ4v) is 3.75. The number of methoxy groups -OCH3 is 1. The number of ether oxygens (including phenoxy) is 1. The first-order valence-corrected chi connectivity index (χ1v) is 7.41. The van der Waals surface area contributed by atoms with E-state index in [0.717, 1.165) is 31.5 Å². The normalized spacial score (nSPS) is 30.2. The molecule has 2 aliphatic heterocycles. The molecule has 0 bridgehead atoms. The minimum Gasteiger partial charge on any atom is -0.494 e. The highest BCUT2D eigenvalue weighted by Gasteiger charge is 2.46. The first kappa shape index (κ1) is 13.8. The Morgan fingerprint density at radius 3 is 3.00 bits per heavy atom. The molecule has 1 aromatic rings. The van der Waals surface area contributed by atoms with Crippen LogP contribution in [0.2, 0.25) is 0 Å². The van der Waals surface area contributed by atoms with E-state index in [2.05, 4.69) is 4.90 Å². The molecule has 2 saturated heterocycles. The van der Waals surface area contributed by atoms with E-state index in [-0.39, 0.29) is 17.6 Å². The van der Waals surface area contributed by atoms with Gasteiger partial charge in [-0.25, -0.2) is 4.39 Å². The molecule has 0 aromatic heterocycles. The molecule has 110 valence electrons. The van der Waals surface area contributed by atoms with Crippen LogP contribution in [0.5, 0.6) is 5.75 Å². The molecule has 0 aliphatic carbocycles. The highest BCUT2D eigenvalue weighted by Crippen LogP contribution is 2.37. The number of aliphatic hydroxyl groups is 1. The van der Waals surface area contributed by atoms with Crippen molar-refractivity contribution in [3.63, 3.8) is 0 Å². The molecule has 2 unspecified atom stereocenters. The van der Waals surface area contributed by atoms with Gasteiger partial charge in [-0.1, -0.05) is 12.5 Å². The largest absolute Gasteiger partial charge is 0.494 e. The van der Waals surface area contributed by atoms with Crippen LogP contribution in [-0.2, 0) is 6.42 Å². The van der Waals surface area contributed by atoms with Gasteiger partial charge in [0.05, 0.1) is 12.7 Å². The SMILES string of the molecule is COc1ccc(CC2(O)CCN3CCCCC32)cc1F. The van der Waals surface area contributed by atoms with Gasteiger partial charge < -0.3 is 9.84 Å². The van der Waals surface area contributed by atoms with Crippen LogP contribution in [0.3, 0.4) is 0 Å². The van der Waals surface area contributed by atoms with Crippen molar-refractivity contribution in [1.29, 1.82) is 0 Å².